The first kappa shape index (κ1) is 12.3. The van der Waals surface area contributed by atoms with Crippen LogP contribution < -0.4 is 0 Å². The van der Waals surface area contributed by atoms with Gasteiger partial charge in [-0.3, -0.25) is 0 Å². The maximum absolute atomic E-state index is 13.1. The molecule has 1 heterocycles. The smallest absolute Gasteiger partial charge is 0.100 e. The number of hydrogen-bond acceptors (Lipinski definition) is 1. The van der Waals surface area contributed by atoms with Gasteiger partial charge in [-0.15, -0.1) is 0 Å². The topological polar surface area (TPSA) is 3.24 Å². The molecule has 2 heteroatoms. The Bertz CT molecular complexity index is 191. The normalized spacial score (nSPS) is 34.1. The summed E-state index contributed by atoms with van der Waals surface area (Å²) in [6.45, 7) is 4.83. The van der Waals surface area contributed by atoms with Gasteiger partial charge >= 0.3 is 0 Å². The monoisotopic (exact) mass is 227 g/mol. The second-order valence-corrected chi connectivity index (χ2v) is 5.67. The average Bonchev–Trinajstić information content (AvgIpc) is 2.32. The van der Waals surface area contributed by atoms with Crippen molar-refractivity contribution < 1.29 is 4.39 Å². The van der Waals surface area contributed by atoms with Gasteiger partial charge in [-0.05, 0) is 57.5 Å². The number of halogens is 1. The molecule has 0 aromatic rings. The van der Waals surface area contributed by atoms with E-state index in [9.17, 15) is 4.39 Å². The van der Waals surface area contributed by atoms with Gasteiger partial charge in [0.05, 0.1) is 0 Å². The first-order chi connectivity index (χ1) is 7.79. The van der Waals surface area contributed by atoms with Crippen LogP contribution in [-0.4, -0.2) is 30.2 Å². The zero-order valence-corrected chi connectivity index (χ0v) is 10.6. The Morgan fingerprint density at radius 1 is 1.00 bits per heavy atom. The molecule has 0 spiro atoms. The average molecular weight is 227 g/mol. The summed E-state index contributed by atoms with van der Waals surface area (Å²) in [6.07, 6.45) is 8.79. The largest absolute Gasteiger partial charge is 0.300 e. The highest BCUT2D eigenvalue weighted by Crippen LogP contribution is 2.29. The molecule has 0 aromatic carbocycles. The minimum atomic E-state index is -0.506. The molecule has 16 heavy (non-hydrogen) atoms. The van der Waals surface area contributed by atoms with Crippen molar-refractivity contribution >= 4 is 0 Å². The summed E-state index contributed by atoms with van der Waals surface area (Å²) in [6, 6.07) is 0.703. The number of likely N-dealkylation sites (tertiary alicyclic amines) is 1. The van der Waals surface area contributed by atoms with Crippen LogP contribution in [0.4, 0.5) is 4.39 Å². The lowest BCUT2D eigenvalue weighted by Gasteiger charge is -2.39. The van der Waals surface area contributed by atoms with Crippen LogP contribution in [0, 0.1) is 5.92 Å². The number of piperidine rings is 1. The highest BCUT2D eigenvalue weighted by Gasteiger charge is 2.28. The molecule has 1 saturated heterocycles. The molecule has 0 atom stereocenters. The molecular weight excluding hydrogens is 201 g/mol. The number of alkyl halides is 1. The van der Waals surface area contributed by atoms with Gasteiger partial charge in [0.1, 0.15) is 6.17 Å². The first-order valence-electron chi connectivity index (χ1n) is 7.17. The van der Waals surface area contributed by atoms with E-state index in [4.69, 9.17) is 0 Å². The predicted octanol–water partition coefficient (Wildman–Crippen LogP) is 3.78. The second-order valence-electron chi connectivity index (χ2n) is 5.67. The Morgan fingerprint density at radius 3 is 2.19 bits per heavy atom. The summed E-state index contributed by atoms with van der Waals surface area (Å²) in [5.74, 6) is 0.971. The fourth-order valence-corrected chi connectivity index (χ4v) is 3.42. The van der Waals surface area contributed by atoms with Gasteiger partial charge in [-0.1, -0.05) is 19.8 Å². The fraction of sp³-hybridized carbons (Fsp3) is 1.00. The predicted molar refractivity (Wildman–Crippen MR) is 66.4 cm³/mol. The summed E-state index contributed by atoms with van der Waals surface area (Å²) in [5, 5.41) is 0. The van der Waals surface area contributed by atoms with Crippen molar-refractivity contribution in [3.8, 4) is 0 Å². The minimum Gasteiger partial charge on any atom is -0.300 e. The molecule has 0 unspecified atom stereocenters. The molecule has 2 aliphatic rings. The van der Waals surface area contributed by atoms with Gasteiger partial charge in [-0.2, -0.15) is 0 Å². The molecule has 2 fully saturated rings. The van der Waals surface area contributed by atoms with Gasteiger partial charge < -0.3 is 4.90 Å². The molecule has 1 aliphatic heterocycles. The van der Waals surface area contributed by atoms with E-state index in [1.807, 2.05) is 0 Å². The van der Waals surface area contributed by atoms with Crippen LogP contribution in [0.25, 0.3) is 0 Å². The number of hydrogen-bond donors (Lipinski definition) is 0. The van der Waals surface area contributed by atoms with Gasteiger partial charge in [0, 0.05) is 6.04 Å². The molecule has 1 saturated carbocycles. The molecule has 0 amide bonds. The quantitative estimate of drug-likeness (QED) is 0.709. The van der Waals surface area contributed by atoms with Gasteiger partial charge in [-0.25, -0.2) is 4.39 Å². The van der Waals surface area contributed by atoms with Gasteiger partial charge in [0.15, 0.2) is 0 Å². The zero-order chi connectivity index (χ0) is 11.4. The highest BCUT2D eigenvalue weighted by molar-refractivity contribution is 4.82. The fourth-order valence-electron chi connectivity index (χ4n) is 3.42. The van der Waals surface area contributed by atoms with Gasteiger partial charge in [0.25, 0.3) is 0 Å². The minimum absolute atomic E-state index is 0.506. The third-order valence-corrected chi connectivity index (χ3v) is 4.49. The summed E-state index contributed by atoms with van der Waals surface area (Å²) in [4.78, 5) is 2.64. The van der Waals surface area contributed by atoms with Crippen LogP contribution in [0.15, 0.2) is 0 Å². The standard InChI is InChI=1S/C14H26FN/c1-2-3-12-8-10-16(11-9-12)14-6-4-13(15)5-7-14/h12-14H,2-11H2,1H3. The van der Waals surface area contributed by atoms with Crippen LogP contribution >= 0.6 is 0 Å². The lowest BCUT2D eigenvalue weighted by molar-refractivity contribution is 0.0838. The van der Waals surface area contributed by atoms with Crippen molar-refractivity contribution in [3.63, 3.8) is 0 Å². The molecule has 1 nitrogen and oxygen atoms in total. The summed E-state index contributed by atoms with van der Waals surface area (Å²) in [5.41, 5.74) is 0. The van der Waals surface area contributed by atoms with Crippen molar-refractivity contribution in [1.82, 2.24) is 4.90 Å². The van der Waals surface area contributed by atoms with E-state index in [0.29, 0.717) is 6.04 Å². The van der Waals surface area contributed by atoms with Crippen molar-refractivity contribution in [2.45, 2.75) is 70.5 Å². The van der Waals surface area contributed by atoms with Crippen LogP contribution in [0.1, 0.15) is 58.3 Å². The van der Waals surface area contributed by atoms with Crippen molar-refractivity contribution in [2.24, 2.45) is 5.92 Å². The van der Waals surface area contributed by atoms with Crippen molar-refractivity contribution in [1.29, 1.82) is 0 Å². The summed E-state index contributed by atoms with van der Waals surface area (Å²) in [7, 11) is 0. The maximum atomic E-state index is 13.1. The summed E-state index contributed by atoms with van der Waals surface area (Å²) >= 11 is 0. The Morgan fingerprint density at radius 2 is 1.62 bits per heavy atom. The first-order valence-corrected chi connectivity index (χ1v) is 7.17. The van der Waals surface area contributed by atoms with E-state index < -0.39 is 6.17 Å². The molecule has 94 valence electrons. The van der Waals surface area contributed by atoms with Crippen LogP contribution in [0.5, 0.6) is 0 Å². The molecule has 0 aromatic heterocycles. The molecular formula is C14H26FN. The zero-order valence-electron chi connectivity index (χ0n) is 10.6. The summed E-state index contributed by atoms with van der Waals surface area (Å²) < 4.78 is 13.1. The lowest BCUT2D eigenvalue weighted by atomic mass is 9.88. The SMILES string of the molecule is CCCC1CCN(C2CCC(F)CC2)CC1. The third-order valence-electron chi connectivity index (χ3n) is 4.49. The molecule has 2 rings (SSSR count). The second kappa shape index (κ2) is 6.00. The lowest BCUT2D eigenvalue weighted by Crippen LogP contribution is -2.43. The number of nitrogens with zero attached hydrogens (tertiary/aromatic N) is 1. The Hall–Kier alpha value is -0.110. The molecule has 0 bridgehead atoms. The van der Waals surface area contributed by atoms with Crippen LogP contribution in [0.2, 0.25) is 0 Å². The van der Waals surface area contributed by atoms with Gasteiger partial charge in [0.2, 0.25) is 0 Å². The Kier molecular flexibility index (Phi) is 4.63. The third kappa shape index (κ3) is 3.19. The van der Waals surface area contributed by atoms with E-state index in [0.717, 1.165) is 31.6 Å². The van der Waals surface area contributed by atoms with E-state index in [1.165, 1.54) is 38.8 Å². The maximum Gasteiger partial charge on any atom is 0.100 e. The Labute approximate surface area is 99.4 Å². The number of rotatable bonds is 3. The van der Waals surface area contributed by atoms with Crippen molar-refractivity contribution in [3.05, 3.63) is 0 Å². The Balaban J connectivity index is 1.72. The van der Waals surface area contributed by atoms with E-state index in [1.54, 1.807) is 0 Å². The van der Waals surface area contributed by atoms with Crippen molar-refractivity contribution in [2.75, 3.05) is 13.1 Å². The molecule has 0 N–H and O–H groups in total. The van der Waals surface area contributed by atoms with E-state index >= 15 is 0 Å². The van der Waals surface area contributed by atoms with E-state index in [-0.39, 0.29) is 0 Å². The molecule has 1 aliphatic carbocycles. The highest BCUT2D eigenvalue weighted by atomic mass is 19.1. The van der Waals surface area contributed by atoms with Crippen LogP contribution in [0.3, 0.4) is 0 Å². The van der Waals surface area contributed by atoms with Crippen LogP contribution in [-0.2, 0) is 0 Å². The molecule has 0 radical (unpaired) electrons. The van der Waals surface area contributed by atoms with E-state index in [2.05, 4.69) is 11.8 Å².